The standard InChI is InChI=1S/C37H39ClFN3O5S/c1-2-47-33-19-17-32(18-20-33)42(48(45,46)34-21-15-30(39)16-22-34)26-36(43)41(25-28-11-8-12-29(38)23-28)35(24-27-9-4-3-5-10-27)37(44)40-31-13-6-7-14-31/h3-5,8-12,15-23,31,35H,2,6-7,13-14,24-26H2,1H3,(H,40,44). The van der Waals surface area contributed by atoms with E-state index in [-0.39, 0.29) is 35.5 Å². The summed E-state index contributed by atoms with van der Waals surface area (Å²) in [6.45, 7) is 1.62. The van der Waals surface area contributed by atoms with Gasteiger partial charge in [-0.1, -0.05) is 66.9 Å². The number of carbonyl (C=O) groups is 2. The minimum Gasteiger partial charge on any atom is -0.494 e. The highest BCUT2D eigenvalue weighted by Crippen LogP contribution is 2.28. The Morgan fingerprint density at radius 1 is 0.917 bits per heavy atom. The first kappa shape index (κ1) is 34.9. The minimum absolute atomic E-state index is 0.00176. The number of benzene rings is 4. The van der Waals surface area contributed by atoms with Crippen LogP contribution >= 0.6 is 11.6 Å². The predicted octanol–water partition coefficient (Wildman–Crippen LogP) is 6.77. The first-order chi connectivity index (χ1) is 23.1. The topological polar surface area (TPSA) is 96.0 Å². The van der Waals surface area contributed by atoms with E-state index in [2.05, 4.69) is 5.32 Å². The molecule has 1 unspecified atom stereocenters. The second kappa shape index (κ2) is 16.1. The summed E-state index contributed by atoms with van der Waals surface area (Å²) in [6, 6.07) is 26.2. The summed E-state index contributed by atoms with van der Waals surface area (Å²) < 4.78 is 48.6. The molecule has 1 saturated carbocycles. The van der Waals surface area contributed by atoms with Gasteiger partial charge in [-0.2, -0.15) is 0 Å². The van der Waals surface area contributed by atoms with Crippen LogP contribution in [0.4, 0.5) is 10.1 Å². The third kappa shape index (κ3) is 8.93. The Labute approximate surface area is 286 Å². The Morgan fingerprint density at radius 2 is 1.58 bits per heavy atom. The molecule has 4 aromatic rings. The van der Waals surface area contributed by atoms with Gasteiger partial charge in [-0.05, 0) is 91.6 Å². The number of hydrogen-bond acceptors (Lipinski definition) is 5. The van der Waals surface area contributed by atoms with E-state index in [1.165, 1.54) is 4.90 Å². The molecular weight excluding hydrogens is 653 g/mol. The highest BCUT2D eigenvalue weighted by atomic mass is 35.5. The van der Waals surface area contributed by atoms with Crippen molar-refractivity contribution in [2.45, 2.75) is 62.6 Å². The Balaban J connectivity index is 1.56. The van der Waals surface area contributed by atoms with Crippen LogP contribution in [0.25, 0.3) is 0 Å². The molecule has 0 bridgehead atoms. The van der Waals surface area contributed by atoms with Gasteiger partial charge in [-0.3, -0.25) is 13.9 Å². The fourth-order valence-corrected chi connectivity index (χ4v) is 7.52. The molecular formula is C37H39ClFN3O5S. The average Bonchev–Trinajstić information content (AvgIpc) is 3.59. The van der Waals surface area contributed by atoms with Crippen LogP contribution in [0, 0.1) is 5.82 Å². The number of nitrogens with zero attached hydrogens (tertiary/aromatic N) is 2. The summed E-state index contributed by atoms with van der Waals surface area (Å²) in [6.07, 6.45) is 3.94. The van der Waals surface area contributed by atoms with Crippen molar-refractivity contribution in [3.05, 3.63) is 125 Å². The van der Waals surface area contributed by atoms with Crippen molar-refractivity contribution < 1.29 is 27.1 Å². The van der Waals surface area contributed by atoms with Crippen molar-refractivity contribution in [1.29, 1.82) is 0 Å². The largest absolute Gasteiger partial charge is 0.494 e. The first-order valence-corrected chi connectivity index (χ1v) is 17.8. The van der Waals surface area contributed by atoms with Crippen LogP contribution in [-0.4, -0.2) is 50.4 Å². The molecule has 1 aliphatic rings. The van der Waals surface area contributed by atoms with E-state index in [0.29, 0.717) is 22.9 Å². The number of sulfonamides is 1. The molecule has 252 valence electrons. The van der Waals surface area contributed by atoms with Crippen LogP contribution in [0.1, 0.15) is 43.7 Å². The summed E-state index contributed by atoms with van der Waals surface area (Å²) in [4.78, 5) is 30.0. The summed E-state index contributed by atoms with van der Waals surface area (Å²) in [7, 11) is -4.37. The van der Waals surface area contributed by atoms with Crippen molar-refractivity contribution in [1.82, 2.24) is 10.2 Å². The lowest BCUT2D eigenvalue weighted by atomic mass is 10.0. The lowest BCUT2D eigenvalue weighted by molar-refractivity contribution is -0.140. The van der Waals surface area contributed by atoms with Crippen molar-refractivity contribution in [2.75, 3.05) is 17.5 Å². The molecule has 48 heavy (non-hydrogen) atoms. The van der Waals surface area contributed by atoms with Crippen molar-refractivity contribution >= 4 is 39.1 Å². The molecule has 11 heteroatoms. The molecule has 1 N–H and O–H groups in total. The first-order valence-electron chi connectivity index (χ1n) is 16.0. The van der Waals surface area contributed by atoms with E-state index in [1.807, 2.05) is 37.3 Å². The van der Waals surface area contributed by atoms with E-state index >= 15 is 0 Å². The molecule has 2 amide bonds. The molecule has 0 spiro atoms. The molecule has 0 heterocycles. The number of amides is 2. The van der Waals surface area contributed by atoms with Crippen LogP contribution in [0.2, 0.25) is 5.02 Å². The van der Waals surface area contributed by atoms with E-state index in [4.69, 9.17) is 16.3 Å². The number of rotatable bonds is 14. The van der Waals surface area contributed by atoms with Gasteiger partial charge in [0.2, 0.25) is 11.8 Å². The maximum absolute atomic E-state index is 14.6. The van der Waals surface area contributed by atoms with Crippen molar-refractivity contribution in [2.24, 2.45) is 0 Å². The lowest BCUT2D eigenvalue weighted by Gasteiger charge is -2.34. The molecule has 0 radical (unpaired) electrons. The van der Waals surface area contributed by atoms with Gasteiger partial charge in [0.1, 0.15) is 24.2 Å². The van der Waals surface area contributed by atoms with Crippen molar-refractivity contribution in [3.63, 3.8) is 0 Å². The van der Waals surface area contributed by atoms with Crippen LogP contribution in [0.5, 0.6) is 5.75 Å². The number of ether oxygens (including phenoxy) is 1. The van der Waals surface area contributed by atoms with Crippen LogP contribution in [0.15, 0.2) is 108 Å². The summed E-state index contributed by atoms with van der Waals surface area (Å²) in [5.41, 5.74) is 1.72. The monoisotopic (exact) mass is 691 g/mol. The molecule has 0 aromatic heterocycles. The fourth-order valence-electron chi connectivity index (χ4n) is 5.89. The van der Waals surface area contributed by atoms with Gasteiger partial charge in [0.25, 0.3) is 10.0 Å². The molecule has 0 saturated heterocycles. The van der Waals surface area contributed by atoms with Crippen LogP contribution in [0.3, 0.4) is 0 Å². The Bertz CT molecular complexity index is 1780. The van der Waals surface area contributed by atoms with Gasteiger partial charge in [-0.15, -0.1) is 0 Å². The van der Waals surface area contributed by atoms with Gasteiger partial charge >= 0.3 is 0 Å². The number of hydrogen-bond donors (Lipinski definition) is 1. The van der Waals surface area contributed by atoms with Gasteiger partial charge in [0.05, 0.1) is 17.2 Å². The zero-order chi connectivity index (χ0) is 34.1. The van der Waals surface area contributed by atoms with Gasteiger partial charge in [-0.25, -0.2) is 12.8 Å². The molecule has 8 nitrogen and oxygen atoms in total. The fraction of sp³-hybridized carbons (Fsp3) is 0.297. The molecule has 1 fully saturated rings. The Kier molecular flexibility index (Phi) is 11.7. The normalized spacial score (nSPS) is 13.9. The molecule has 0 aliphatic heterocycles. The Hall–Kier alpha value is -4.41. The molecule has 5 rings (SSSR count). The summed E-state index contributed by atoms with van der Waals surface area (Å²) in [5.74, 6) is -0.977. The van der Waals surface area contributed by atoms with Gasteiger partial charge in [0, 0.05) is 24.0 Å². The number of anilines is 1. The second-order valence-electron chi connectivity index (χ2n) is 11.7. The summed E-state index contributed by atoms with van der Waals surface area (Å²) >= 11 is 6.32. The zero-order valence-corrected chi connectivity index (χ0v) is 28.3. The maximum Gasteiger partial charge on any atom is 0.264 e. The quantitative estimate of drug-likeness (QED) is 0.158. The highest BCUT2D eigenvalue weighted by Gasteiger charge is 2.35. The number of halogens is 2. The third-order valence-corrected chi connectivity index (χ3v) is 10.4. The Morgan fingerprint density at radius 3 is 2.23 bits per heavy atom. The summed E-state index contributed by atoms with van der Waals surface area (Å²) in [5, 5.41) is 3.62. The number of nitrogens with one attached hydrogen (secondary N) is 1. The molecule has 1 atom stereocenters. The minimum atomic E-state index is -4.37. The van der Waals surface area contributed by atoms with Crippen molar-refractivity contribution in [3.8, 4) is 5.75 Å². The lowest BCUT2D eigenvalue weighted by Crippen LogP contribution is -2.54. The van der Waals surface area contributed by atoms with E-state index in [0.717, 1.165) is 59.8 Å². The van der Waals surface area contributed by atoms with E-state index < -0.39 is 34.3 Å². The van der Waals surface area contributed by atoms with E-state index in [1.54, 1.807) is 48.5 Å². The smallest absolute Gasteiger partial charge is 0.264 e. The third-order valence-electron chi connectivity index (χ3n) is 8.33. The second-order valence-corrected chi connectivity index (χ2v) is 14.0. The SMILES string of the molecule is CCOc1ccc(N(CC(=O)N(Cc2cccc(Cl)c2)C(Cc2ccccc2)C(=O)NC2CCCC2)S(=O)(=O)c2ccc(F)cc2)cc1. The van der Waals surface area contributed by atoms with Crippen LogP contribution < -0.4 is 14.4 Å². The van der Waals surface area contributed by atoms with Gasteiger partial charge in [0.15, 0.2) is 0 Å². The molecule has 1 aliphatic carbocycles. The van der Waals surface area contributed by atoms with Crippen LogP contribution in [-0.2, 0) is 32.6 Å². The van der Waals surface area contributed by atoms with E-state index in [9.17, 15) is 22.4 Å². The predicted molar refractivity (Wildman–Crippen MR) is 185 cm³/mol. The zero-order valence-electron chi connectivity index (χ0n) is 26.7. The highest BCUT2D eigenvalue weighted by molar-refractivity contribution is 7.92. The number of carbonyl (C=O) groups excluding carboxylic acids is 2. The molecule has 4 aromatic carbocycles. The maximum atomic E-state index is 14.6. The van der Waals surface area contributed by atoms with Gasteiger partial charge < -0.3 is 15.0 Å². The average molecular weight is 692 g/mol.